The van der Waals surface area contributed by atoms with Gasteiger partial charge in [-0.25, -0.2) is 0 Å². The molecule has 0 saturated carbocycles. The van der Waals surface area contributed by atoms with Crippen molar-refractivity contribution in [3.63, 3.8) is 0 Å². The van der Waals surface area contributed by atoms with Crippen LogP contribution in [0.1, 0.15) is 50.4 Å². The number of fused-ring (bicyclic) bond motifs is 1. The van der Waals surface area contributed by atoms with Gasteiger partial charge in [0.2, 0.25) is 0 Å². The van der Waals surface area contributed by atoms with Crippen LogP contribution in [0.15, 0.2) is 18.2 Å². The number of rotatable bonds is 6. The standard InChI is InChI=1S/C17H21NO5/c1-4-17(5-2)16(22)18(9-8-15(20)21)13-10-12(11(3)19)6-7-14(13)23-17/h6-7,10H,4-5,8-9H2,1-3H3,(H,20,21). The Morgan fingerprint density at radius 2 is 1.91 bits per heavy atom. The number of hydrogen-bond acceptors (Lipinski definition) is 4. The van der Waals surface area contributed by atoms with E-state index >= 15 is 0 Å². The van der Waals surface area contributed by atoms with E-state index in [1.807, 2.05) is 13.8 Å². The quantitative estimate of drug-likeness (QED) is 0.815. The largest absolute Gasteiger partial charge is 0.481 e. The summed E-state index contributed by atoms with van der Waals surface area (Å²) < 4.78 is 5.95. The van der Waals surface area contributed by atoms with Crippen LogP contribution in [-0.4, -0.2) is 34.9 Å². The molecule has 6 nitrogen and oxygen atoms in total. The van der Waals surface area contributed by atoms with Crippen LogP contribution in [-0.2, 0) is 9.59 Å². The Labute approximate surface area is 135 Å². The molecule has 2 rings (SSSR count). The number of hydrogen-bond donors (Lipinski definition) is 1. The normalized spacial score (nSPS) is 15.8. The minimum Gasteiger partial charge on any atom is -0.481 e. The predicted molar refractivity (Wildman–Crippen MR) is 85.0 cm³/mol. The van der Waals surface area contributed by atoms with Crippen LogP contribution in [0.4, 0.5) is 5.69 Å². The van der Waals surface area contributed by atoms with Crippen molar-refractivity contribution in [1.82, 2.24) is 0 Å². The number of carboxylic acids is 1. The highest BCUT2D eigenvalue weighted by atomic mass is 16.5. The molecule has 0 atom stereocenters. The number of anilines is 1. The van der Waals surface area contributed by atoms with Crippen molar-refractivity contribution < 1.29 is 24.2 Å². The van der Waals surface area contributed by atoms with E-state index < -0.39 is 11.6 Å². The van der Waals surface area contributed by atoms with E-state index in [9.17, 15) is 14.4 Å². The van der Waals surface area contributed by atoms with E-state index in [2.05, 4.69) is 0 Å². The van der Waals surface area contributed by atoms with Crippen molar-refractivity contribution in [2.75, 3.05) is 11.4 Å². The smallest absolute Gasteiger partial charge is 0.305 e. The summed E-state index contributed by atoms with van der Waals surface area (Å²) in [5, 5.41) is 8.94. The zero-order valence-corrected chi connectivity index (χ0v) is 13.6. The number of aliphatic carboxylic acids is 1. The maximum Gasteiger partial charge on any atom is 0.305 e. The fraction of sp³-hybridized carbons (Fsp3) is 0.471. The lowest BCUT2D eigenvalue weighted by Gasteiger charge is -2.42. The second-order valence-electron chi connectivity index (χ2n) is 5.64. The highest BCUT2D eigenvalue weighted by Crippen LogP contribution is 2.41. The number of nitrogens with zero attached hydrogens (tertiary/aromatic N) is 1. The number of carboxylic acid groups (broad SMARTS) is 1. The third-order valence-corrected chi connectivity index (χ3v) is 4.29. The van der Waals surface area contributed by atoms with Crippen molar-refractivity contribution in [2.24, 2.45) is 0 Å². The molecule has 1 aromatic carbocycles. The lowest BCUT2D eigenvalue weighted by Crippen LogP contribution is -2.56. The Bertz CT molecular complexity index is 648. The van der Waals surface area contributed by atoms with Crippen LogP contribution < -0.4 is 9.64 Å². The molecule has 124 valence electrons. The summed E-state index contributed by atoms with van der Waals surface area (Å²) in [6.07, 6.45) is 0.804. The molecule has 0 bridgehead atoms. The molecule has 0 radical (unpaired) electrons. The molecule has 0 saturated heterocycles. The topological polar surface area (TPSA) is 83.9 Å². The minimum absolute atomic E-state index is 0.0492. The molecule has 0 fully saturated rings. The van der Waals surface area contributed by atoms with Crippen LogP contribution >= 0.6 is 0 Å². The van der Waals surface area contributed by atoms with Crippen molar-refractivity contribution in [1.29, 1.82) is 0 Å². The molecular formula is C17H21NO5. The van der Waals surface area contributed by atoms with Gasteiger partial charge >= 0.3 is 5.97 Å². The van der Waals surface area contributed by atoms with E-state index in [1.165, 1.54) is 11.8 Å². The third kappa shape index (κ3) is 3.06. The number of ketones is 1. The molecule has 1 amide bonds. The number of ether oxygens (including phenoxy) is 1. The van der Waals surface area contributed by atoms with Gasteiger partial charge in [-0.05, 0) is 38.0 Å². The molecule has 0 unspecified atom stereocenters. The van der Waals surface area contributed by atoms with Gasteiger partial charge in [0, 0.05) is 12.1 Å². The summed E-state index contributed by atoms with van der Waals surface area (Å²) in [6.45, 7) is 5.22. The molecule has 1 N–H and O–H groups in total. The highest BCUT2D eigenvalue weighted by Gasteiger charge is 2.45. The van der Waals surface area contributed by atoms with Crippen LogP contribution in [0.5, 0.6) is 5.75 Å². The van der Waals surface area contributed by atoms with Crippen molar-refractivity contribution in [3.05, 3.63) is 23.8 Å². The Balaban J connectivity index is 2.52. The SMILES string of the molecule is CCC1(CC)Oc2ccc(C(C)=O)cc2N(CCC(=O)O)C1=O. The van der Waals surface area contributed by atoms with Gasteiger partial charge < -0.3 is 14.7 Å². The zero-order valence-electron chi connectivity index (χ0n) is 13.6. The van der Waals surface area contributed by atoms with Gasteiger partial charge in [0.1, 0.15) is 5.75 Å². The van der Waals surface area contributed by atoms with Crippen LogP contribution in [0.25, 0.3) is 0 Å². The minimum atomic E-state index is -0.983. The number of benzene rings is 1. The number of amides is 1. The third-order valence-electron chi connectivity index (χ3n) is 4.29. The summed E-state index contributed by atoms with van der Waals surface area (Å²) >= 11 is 0. The van der Waals surface area contributed by atoms with E-state index in [0.717, 1.165) is 0 Å². The first-order valence-electron chi connectivity index (χ1n) is 7.72. The molecule has 0 aromatic heterocycles. The Kier molecular flexibility index (Phi) is 4.73. The van der Waals surface area contributed by atoms with Gasteiger partial charge in [-0.2, -0.15) is 0 Å². The molecule has 0 aliphatic carbocycles. The van der Waals surface area contributed by atoms with Crippen LogP contribution in [0.3, 0.4) is 0 Å². The molecule has 0 spiro atoms. The molecule has 1 aromatic rings. The molecular weight excluding hydrogens is 298 g/mol. The maximum absolute atomic E-state index is 12.9. The fourth-order valence-electron chi connectivity index (χ4n) is 2.77. The number of Topliss-reactive ketones (excluding diaryl/α,β-unsaturated/α-hetero) is 1. The lowest BCUT2D eigenvalue weighted by atomic mass is 9.92. The summed E-state index contributed by atoms with van der Waals surface area (Å²) in [5.74, 6) is -0.853. The Morgan fingerprint density at radius 3 is 2.43 bits per heavy atom. The molecule has 1 aliphatic heterocycles. The summed E-state index contributed by atoms with van der Waals surface area (Å²) in [6, 6.07) is 4.92. The molecule has 1 heterocycles. The first kappa shape index (κ1) is 17.0. The van der Waals surface area contributed by atoms with Crippen LogP contribution in [0, 0.1) is 0 Å². The summed E-state index contributed by atoms with van der Waals surface area (Å²) in [4.78, 5) is 36.8. The average molecular weight is 319 g/mol. The van der Waals surface area contributed by atoms with Gasteiger partial charge in [0.15, 0.2) is 11.4 Å². The first-order valence-corrected chi connectivity index (χ1v) is 7.72. The average Bonchev–Trinajstić information content (AvgIpc) is 2.52. The zero-order chi connectivity index (χ0) is 17.2. The lowest BCUT2D eigenvalue weighted by molar-refractivity contribution is -0.138. The van der Waals surface area contributed by atoms with E-state index in [1.54, 1.807) is 18.2 Å². The van der Waals surface area contributed by atoms with Gasteiger partial charge in [0.25, 0.3) is 5.91 Å². The number of carbonyl (C=O) groups is 3. The van der Waals surface area contributed by atoms with E-state index in [0.29, 0.717) is 29.8 Å². The predicted octanol–water partition coefficient (Wildman–Crippen LogP) is 2.65. The molecule has 1 aliphatic rings. The van der Waals surface area contributed by atoms with E-state index in [-0.39, 0.29) is 24.7 Å². The fourth-order valence-corrected chi connectivity index (χ4v) is 2.77. The van der Waals surface area contributed by atoms with Crippen molar-refractivity contribution >= 4 is 23.3 Å². The second-order valence-corrected chi connectivity index (χ2v) is 5.64. The van der Waals surface area contributed by atoms with Crippen molar-refractivity contribution in [2.45, 2.75) is 45.6 Å². The first-order chi connectivity index (χ1) is 10.8. The van der Waals surface area contributed by atoms with Crippen LogP contribution in [0.2, 0.25) is 0 Å². The second kappa shape index (κ2) is 6.40. The summed E-state index contributed by atoms with van der Waals surface area (Å²) in [7, 11) is 0. The van der Waals surface area contributed by atoms with Gasteiger partial charge in [-0.15, -0.1) is 0 Å². The van der Waals surface area contributed by atoms with E-state index in [4.69, 9.17) is 9.84 Å². The monoisotopic (exact) mass is 319 g/mol. The van der Waals surface area contributed by atoms with Gasteiger partial charge in [-0.3, -0.25) is 14.4 Å². The highest BCUT2D eigenvalue weighted by molar-refractivity contribution is 6.04. The molecule has 23 heavy (non-hydrogen) atoms. The summed E-state index contributed by atoms with van der Waals surface area (Å²) in [5.41, 5.74) is -0.0640. The van der Waals surface area contributed by atoms with Gasteiger partial charge in [0.05, 0.1) is 12.1 Å². The molecule has 6 heteroatoms. The Hall–Kier alpha value is -2.37. The van der Waals surface area contributed by atoms with Gasteiger partial charge in [-0.1, -0.05) is 13.8 Å². The van der Waals surface area contributed by atoms with Crippen molar-refractivity contribution in [3.8, 4) is 5.75 Å². The number of carbonyl (C=O) groups excluding carboxylic acids is 2. The Morgan fingerprint density at radius 1 is 1.26 bits per heavy atom. The maximum atomic E-state index is 12.9.